The molecule has 269 valence electrons. The molecule has 2 aliphatic heterocycles. The fraction of sp³-hybridized carbons (Fsp3) is 0. The number of para-hydroxylation sites is 1. The van der Waals surface area contributed by atoms with Crippen molar-refractivity contribution in [2.75, 3.05) is 5.32 Å². The zero-order valence-electron chi connectivity index (χ0n) is 30.1. The van der Waals surface area contributed by atoms with Crippen molar-refractivity contribution < 1.29 is 17.1 Å². The van der Waals surface area contributed by atoms with E-state index in [-0.39, 0.29) is 17.1 Å². The van der Waals surface area contributed by atoms with E-state index in [1.54, 1.807) is 0 Å². The maximum Gasteiger partial charge on any atom is 2.00 e. The van der Waals surface area contributed by atoms with Crippen molar-refractivity contribution in [2.24, 2.45) is 0 Å². The second-order valence-corrected chi connectivity index (χ2v) is 13.5. The molecule has 1 radical (unpaired) electrons. The summed E-state index contributed by atoms with van der Waals surface area (Å²) in [4.78, 5) is 21.7. The van der Waals surface area contributed by atoms with E-state index in [1.165, 1.54) is 0 Å². The number of anilines is 1. The first-order valence-corrected chi connectivity index (χ1v) is 18.4. The first-order valence-electron chi connectivity index (χ1n) is 18.4. The number of benzene rings is 5. The van der Waals surface area contributed by atoms with Gasteiger partial charge in [0.05, 0.1) is 28.5 Å². The van der Waals surface area contributed by atoms with Crippen molar-refractivity contribution in [3.05, 3.63) is 199 Å². The van der Waals surface area contributed by atoms with Crippen LogP contribution in [0.1, 0.15) is 22.8 Å². The summed E-state index contributed by atoms with van der Waals surface area (Å²) in [6, 6.07) is 60.3. The van der Waals surface area contributed by atoms with Crippen molar-refractivity contribution in [3.63, 3.8) is 0 Å². The Bertz CT molecular complexity index is 2910. The molecular formula is C50H33CuN5. The average Bonchev–Trinajstić information content (AvgIpc) is 4.08. The molecule has 6 heteroatoms. The van der Waals surface area contributed by atoms with Gasteiger partial charge in [0.25, 0.3) is 0 Å². The first-order chi connectivity index (χ1) is 27.3. The van der Waals surface area contributed by atoms with Gasteiger partial charge in [-0.05, 0) is 74.9 Å². The smallest absolute Gasteiger partial charge is 0.657 e. The molecule has 2 aliphatic rings. The van der Waals surface area contributed by atoms with E-state index in [0.29, 0.717) is 0 Å². The molecule has 0 fully saturated rings. The normalized spacial score (nSPS) is 11.8. The quantitative estimate of drug-likeness (QED) is 0.171. The molecule has 10 rings (SSSR count). The van der Waals surface area contributed by atoms with Crippen molar-refractivity contribution in [2.45, 2.75) is 0 Å². The average molecular weight is 767 g/mol. The molecule has 0 amide bonds. The molecule has 8 bridgehead atoms. The largest absolute Gasteiger partial charge is 2.00 e. The SMILES string of the molecule is C1=Cc2nc1c(-c1ccccc1)c1ccc([n-]1)c(-c1ccccc1)c1nc(c(-c3ccccc3)c3ccc([n-]3)c2-c2ccccc2)C(Nc2ccccc2)=C1.[Cu+2]. The summed E-state index contributed by atoms with van der Waals surface area (Å²) in [6.07, 6.45) is 6.36. The van der Waals surface area contributed by atoms with E-state index in [1.807, 2.05) is 42.5 Å². The van der Waals surface area contributed by atoms with Crippen molar-refractivity contribution in [1.82, 2.24) is 19.9 Å². The van der Waals surface area contributed by atoms with E-state index in [0.717, 1.165) is 101 Å². The Morgan fingerprint density at radius 1 is 0.357 bits per heavy atom. The van der Waals surface area contributed by atoms with Crippen LogP contribution < -0.4 is 15.3 Å². The molecule has 0 aliphatic carbocycles. The third kappa shape index (κ3) is 6.47. The Balaban J connectivity index is 0.00000410. The van der Waals surface area contributed by atoms with E-state index >= 15 is 0 Å². The fourth-order valence-corrected chi connectivity index (χ4v) is 7.54. The molecule has 5 nitrogen and oxygen atoms in total. The molecule has 1 N–H and O–H groups in total. The summed E-state index contributed by atoms with van der Waals surface area (Å²) in [5.74, 6) is 0. The standard InChI is InChI=1S/C50H33N5.Cu/c1-6-16-33(17-7-1)46-38-26-27-39(52-38)47(34-18-8-2-9-19-34)41-30-31-43(54-41)49(36-22-12-4-13-23-36)50-45(51-37-24-14-5-15-25-37)32-44(55-50)48(35-20-10-3-11-21-35)42-29-28-40(46)53-42;/h1-32,51H;/q-2;+2. The Morgan fingerprint density at radius 3 is 1.14 bits per heavy atom. The van der Waals surface area contributed by atoms with Gasteiger partial charge in [0, 0.05) is 5.69 Å². The Labute approximate surface area is 335 Å². The second-order valence-electron chi connectivity index (χ2n) is 13.5. The molecular weight excluding hydrogens is 734 g/mol. The third-order valence-corrected chi connectivity index (χ3v) is 10.0. The number of aromatic nitrogens is 4. The molecule has 3 aromatic heterocycles. The van der Waals surface area contributed by atoms with Crippen LogP contribution >= 0.6 is 0 Å². The summed E-state index contributed by atoms with van der Waals surface area (Å²) >= 11 is 0. The van der Waals surface area contributed by atoms with Crippen LogP contribution in [0.15, 0.2) is 176 Å². The molecule has 0 unspecified atom stereocenters. The molecule has 56 heavy (non-hydrogen) atoms. The number of hydrogen-bond donors (Lipinski definition) is 1. The van der Waals surface area contributed by atoms with Gasteiger partial charge in [-0.2, -0.15) is 0 Å². The van der Waals surface area contributed by atoms with E-state index in [9.17, 15) is 0 Å². The van der Waals surface area contributed by atoms with Gasteiger partial charge in [-0.25, -0.2) is 9.97 Å². The zero-order valence-corrected chi connectivity index (χ0v) is 31.0. The van der Waals surface area contributed by atoms with Crippen molar-refractivity contribution >= 4 is 51.7 Å². The number of nitrogens with zero attached hydrogens (tertiary/aromatic N) is 4. The number of nitrogens with one attached hydrogen (secondary N) is 1. The minimum atomic E-state index is 0. The molecule has 5 aromatic carbocycles. The van der Waals surface area contributed by atoms with Gasteiger partial charge >= 0.3 is 17.1 Å². The van der Waals surface area contributed by atoms with Crippen LogP contribution in [0.25, 0.3) is 90.5 Å². The predicted molar refractivity (Wildman–Crippen MR) is 228 cm³/mol. The van der Waals surface area contributed by atoms with Gasteiger partial charge in [0.2, 0.25) is 0 Å². The predicted octanol–water partition coefficient (Wildman–Crippen LogP) is 12.0. The van der Waals surface area contributed by atoms with Crippen LogP contribution in [0, 0.1) is 0 Å². The van der Waals surface area contributed by atoms with Crippen LogP contribution in [-0.2, 0) is 17.1 Å². The third-order valence-electron chi connectivity index (χ3n) is 10.0. The minimum Gasteiger partial charge on any atom is -0.657 e. The topological polar surface area (TPSA) is 66.0 Å². The molecule has 5 heterocycles. The van der Waals surface area contributed by atoms with Crippen LogP contribution in [-0.4, -0.2) is 9.97 Å². The molecule has 8 aromatic rings. The van der Waals surface area contributed by atoms with Crippen molar-refractivity contribution in [1.29, 1.82) is 0 Å². The second kappa shape index (κ2) is 15.0. The van der Waals surface area contributed by atoms with E-state index in [2.05, 4.69) is 157 Å². The van der Waals surface area contributed by atoms with Crippen LogP contribution in [0.2, 0.25) is 0 Å². The van der Waals surface area contributed by atoms with Crippen LogP contribution in [0.3, 0.4) is 0 Å². The monoisotopic (exact) mass is 766 g/mol. The van der Waals surface area contributed by atoms with Gasteiger partial charge < -0.3 is 15.3 Å². The maximum atomic E-state index is 5.54. The molecule has 0 atom stereocenters. The van der Waals surface area contributed by atoms with Gasteiger partial charge in [0.1, 0.15) is 0 Å². The maximum absolute atomic E-state index is 5.54. The van der Waals surface area contributed by atoms with Gasteiger partial charge in [0.15, 0.2) is 0 Å². The van der Waals surface area contributed by atoms with Gasteiger partial charge in [-0.15, -0.1) is 22.1 Å². The van der Waals surface area contributed by atoms with Gasteiger partial charge in [-0.3, -0.25) is 0 Å². The van der Waals surface area contributed by atoms with Crippen LogP contribution in [0.5, 0.6) is 0 Å². The molecule has 0 spiro atoms. The zero-order chi connectivity index (χ0) is 36.6. The minimum absolute atomic E-state index is 0. The summed E-state index contributed by atoms with van der Waals surface area (Å²) in [5.41, 5.74) is 16.4. The number of rotatable bonds is 6. The fourth-order valence-electron chi connectivity index (χ4n) is 7.54. The first kappa shape index (κ1) is 34.8. The Morgan fingerprint density at radius 2 is 0.714 bits per heavy atom. The molecule has 0 saturated heterocycles. The Kier molecular flexibility index (Phi) is 9.34. The summed E-state index contributed by atoms with van der Waals surface area (Å²) in [7, 11) is 0. The molecule has 0 saturated carbocycles. The van der Waals surface area contributed by atoms with Crippen LogP contribution in [0.4, 0.5) is 5.69 Å². The van der Waals surface area contributed by atoms with Crippen molar-refractivity contribution in [3.8, 4) is 44.5 Å². The number of hydrogen-bond acceptors (Lipinski definition) is 3. The number of fused-ring (bicyclic) bond motifs is 8. The van der Waals surface area contributed by atoms with Gasteiger partial charge in [-0.1, -0.05) is 164 Å². The Hall–Kier alpha value is -6.98. The summed E-state index contributed by atoms with van der Waals surface area (Å²) < 4.78 is 0. The van der Waals surface area contributed by atoms with E-state index in [4.69, 9.17) is 19.9 Å². The summed E-state index contributed by atoms with van der Waals surface area (Å²) in [6.45, 7) is 0. The van der Waals surface area contributed by atoms with E-state index < -0.39 is 0 Å². The summed E-state index contributed by atoms with van der Waals surface area (Å²) in [5, 5.41) is 3.73.